The Kier molecular flexibility index (Phi) is 4.10. The Labute approximate surface area is 112 Å². The molecular formula is C14H21BrN2. The number of hydrogen-bond donors (Lipinski definition) is 1. The van der Waals surface area contributed by atoms with Gasteiger partial charge in [-0.3, -0.25) is 0 Å². The van der Waals surface area contributed by atoms with Gasteiger partial charge in [0.05, 0.1) is 0 Å². The highest BCUT2D eigenvalue weighted by atomic mass is 79.9. The second-order valence-corrected chi connectivity index (χ2v) is 6.04. The lowest BCUT2D eigenvalue weighted by atomic mass is 10.0. The van der Waals surface area contributed by atoms with E-state index in [9.17, 15) is 0 Å². The van der Waals surface area contributed by atoms with Gasteiger partial charge < -0.3 is 10.6 Å². The Hall–Kier alpha value is -0.540. The maximum Gasteiger partial charge on any atom is 0.0415 e. The summed E-state index contributed by atoms with van der Waals surface area (Å²) in [7, 11) is 0. The van der Waals surface area contributed by atoms with Gasteiger partial charge in [0.25, 0.3) is 0 Å². The lowest BCUT2D eigenvalue weighted by Gasteiger charge is -2.31. The van der Waals surface area contributed by atoms with Crippen molar-refractivity contribution in [3.05, 3.63) is 28.2 Å². The fourth-order valence-corrected chi connectivity index (χ4v) is 3.19. The largest absolute Gasteiger partial charge is 0.368 e. The van der Waals surface area contributed by atoms with Crippen LogP contribution in [0, 0.1) is 5.92 Å². The summed E-state index contributed by atoms with van der Waals surface area (Å²) in [5, 5.41) is 0. The molecule has 1 aliphatic rings. The molecule has 0 aromatic heterocycles. The average molecular weight is 297 g/mol. The van der Waals surface area contributed by atoms with Gasteiger partial charge in [-0.05, 0) is 42.5 Å². The van der Waals surface area contributed by atoms with E-state index in [0.717, 1.165) is 11.0 Å². The molecule has 2 nitrogen and oxygen atoms in total. The van der Waals surface area contributed by atoms with E-state index in [2.05, 4.69) is 52.9 Å². The summed E-state index contributed by atoms with van der Waals surface area (Å²) >= 11 is 3.52. The molecule has 0 radical (unpaired) electrons. The van der Waals surface area contributed by atoms with Crippen molar-refractivity contribution < 1.29 is 0 Å². The van der Waals surface area contributed by atoms with Crippen LogP contribution in [0.1, 0.15) is 32.3 Å². The van der Waals surface area contributed by atoms with Crippen LogP contribution in [0.25, 0.3) is 0 Å². The smallest absolute Gasteiger partial charge is 0.0415 e. The lowest BCUT2D eigenvalue weighted by Crippen LogP contribution is -2.34. The van der Waals surface area contributed by atoms with Crippen molar-refractivity contribution in [1.82, 2.24) is 0 Å². The first-order valence-electron chi connectivity index (χ1n) is 6.38. The van der Waals surface area contributed by atoms with Gasteiger partial charge in [-0.25, -0.2) is 0 Å². The Morgan fingerprint density at radius 1 is 1.47 bits per heavy atom. The third kappa shape index (κ3) is 2.66. The molecule has 0 saturated carbocycles. The Bertz CT molecular complexity index is 390. The van der Waals surface area contributed by atoms with Crippen molar-refractivity contribution in [3.63, 3.8) is 0 Å². The fraction of sp³-hybridized carbons (Fsp3) is 0.571. The molecule has 1 aliphatic heterocycles. The van der Waals surface area contributed by atoms with E-state index in [1.165, 1.54) is 24.1 Å². The van der Waals surface area contributed by atoms with Gasteiger partial charge in [-0.1, -0.05) is 29.8 Å². The van der Waals surface area contributed by atoms with Crippen LogP contribution >= 0.6 is 15.9 Å². The first-order valence-corrected chi connectivity index (χ1v) is 7.18. The predicted molar refractivity (Wildman–Crippen MR) is 77.2 cm³/mol. The highest BCUT2D eigenvalue weighted by molar-refractivity contribution is 9.10. The molecule has 2 rings (SSSR count). The van der Waals surface area contributed by atoms with Crippen LogP contribution in [0.4, 0.5) is 5.69 Å². The van der Waals surface area contributed by atoms with E-state index in [-0.39, 0.29) is 0 Å². The minimum absolute atomic E-state index is 0.607. The molecule has 1 aromatic rings. The number of anilines is 1. The first-order chi connectivity index (χ1) is 8.13. The highest BCUT2D eigenvalue weighted by Crippen LogP contribution is 2.33. The molecule has 1 unspecified atom stereocenters. The van der Waals surface area contributed by atoms with Crippen molar-refractivity contribution >= 4 is 21.6 Å². The Morgan fingerprint density at radius 2 is 2.24 bits per heavy atom. The number of benzene rings is 1. The third-order valence-electron chi connectivity index (χ3n) is 3.64. The number of nitrogens with two attached hydrogens (primary N) is 1. The van der Waals surface area contributed by atoms with Crippen molar-refractivity contribution in [2.45, 2.75) is 39.3 Å². The topological polar surface area (TPSA) is 29.3 Å². The van der Waals surface area contributed by atoms with E-state index < -0.39 is 0 Å². The molecule has 0 spiro atoms. The number of halogens is 1. The maximum absolute atomic E-state index is 5.86. The van der Waals surface area contributed by atoms with Gasteiger partial charge >= 0.3 is 0 Å². The van der Waals surface area contributed by atoms with E-state index in [1.807, 2.05) is 0 Å². The molecule has 1 atom stereocenters. The molecule has 0 amide bonds. The minimum Gasteiger partial charge on any atom is -0.368 e. The lowest BCUT2D eigenvalue weighted by molar-refractivity contribution is 0.491. The summed E-state index contributed by atoms with van der Waals surface area (Å²) in [6, 6.07) is 7.13. The molecular weight excluding hydrogens is 276 g/mol. The predicted octanol–water partition coefficient (Wildman–Crippen LogP) is 3.53. The van der Waals surface area contributed by atoms with E-state index in [0.29, 0.717) is 18.5 Å². The summed E-state index contributed by atoms with van der Waals surface area (Å²) < 4.78 is 1.11. The van der Waals surface area contributed by atoms with Gasteiger partial charge in [0.15, 0.2) is 0 Å². The normalized spacial score (nSPS) is 20.3. The molecule has 1 heterocycles. The van der Waals surface area contributed by atoms with E-state index in [1.54, 1.807) is 0 Å². The Morgan fingerprint density at radius 3 is 2.88 bits per heavy atom. The molecule has 1 fully saturated rings. The van der Waals surface area contributed by atoms with Gasteiger partial charge in [0.1, 0.15) is 0 Å². The zero-order valence-electron chi connectivity index (χ0n) is 10.6. The monoisotopic (exact) mass is 296 g/mol. The third-order valence-corrected chi connectivity index (χ3v) is 4.13. The van der Waals surface area contributed by atoms with Gasteiger partial charge in [-0.2, -0.15) is 0 Å². The summed E-state index contributed by atoms with van der Waals surface area (Å²) in [6.45, 7) is 6.39. The van der Waals surface area contributed by atoms with Gasteiger partial charge in [-0.15, -0.1) is 0 Å². The number of rotatable bonds is 3. The van der Waals surface area contributed by atoms with Crippen LogP contribution in [0.3, 0.4) is 0 Å². The highest BCUT2D eigenvalue weighted by Gasteiger charge is 2.28. The quantitative estimate of drug-likeness (QED) is 0.924. The van der Waals surface area contributed by atoms with Crippen LogP contribution in [-0.2, 0) is 6.54 Å². The van der Waals surface area contributed by atoms with Crippen molar-refractivity contribution in [2.24, 2.45) is 11.7 Å². The minimum atomic E-state index is 0.607. The zero-order valence-corrected chi connectivity index (χ0v) is 12.2. The average Bonchev–Trinajstić information content (AvgIpc) is 2.77. The fourth-order valence-electron chi connectivity index (χ4n) is 2.78. The molecule has 0 bridgehead atoms. The van der Waals surface area contributed by atoms with Gasteiger partial charge in [0, 0.05) is 29.3 Å². The van der Waals surface area contributed by atoms with Crippen molar-refractivity contribution in [3.8, 4) is 0 Å². The van der Waals surface area contributed by atoms with Crippen LogP contribution in [0.5, 0.6) is 0 Å². The molecule has 1 saturated heterocycles. The number of nitrogens with zero attached hydrogens (tertiary/aromatic N) is 1. The van der Waals surface area contributed by atoms with Crippen LogP contribution in [-0.4, -0.2) is 12.6 Å². The second kappa shape index (κ2) is 5.40. The summed E-state index contributed by atoms with van der Waals surface area (Å²) in [5.74, 6) is 0.701. The standard InChI is InChI=1S/C14H21BrN2/c1-10(2)13-4-3-7-17(13)14-6-5-12(15)8-11(14)9-16/h5-6,8,10,13H,3-4,7,9,16H2,1-2H3. The van der Waals surface area contributed by atoms with Gasteiger partial charge in [0.2, 0.25) is 0 Å². The summed E-state index contributed by atoms with van der Waals surface area (Å²) in [5.41, 5.74) is 8.43. The number of hydrogen-bond acceptors (Lipinski definition) is 2. The second-order valence-electron chi connectivity index (χ2n) is 5.12. The molecule has 17 heavy (non-hydrogen) atoms. The molecule has 3 heteroatoms. The van der Waals surface area contributed by atoms with Crippen LogP contribution < -0.4 is 10.6 Å². The first kappa shape index (κ1) is 12.9. The van der Waals surface area contributed by atoms with Crippen molar-refractivity contribution in [2.75, 3.05) is 11.4 Å². The van der Waals surface area contributed by atoms with Crippen LogP contribution in [0.15, 0.2) is 22.7 Å². The molecule has 1 aromatic carbocycles. The zero-order chi connectivity index (χ0) is 12.4. The molecule has 2 N–H and O–H groups in total. The van der Waals surface area contributed by atoms with E-state index >= 15 is 0 Å². The van der Waals surface area contributed by atoms with E-state index in [4.69, 9.17) is 5.73 Å². The molecule has 94 valence electrons. The summed E-state index contributed by atoms with van der Waals surface area (Å²) in [6.07, 6.45) is 2.60. The van der Waals surface area contributed by atoms with Crippen molar-refractivity contribution in [1.29, 1.82) is 0 Å². The maximum atomic E-state index is 5.86. The Balaban J connectivity index is 2.32. The SMILES string of the molecule is CC(C)C1CCCN1c1ccc(Br)cc1CN. The van der Waals surface area contributed by atoms with Crippen LogP contribution in [0.2, 0.25) is 0 Å². The molecule has 0 aliphatic carbocycles. The summed E-state index contributed by atoms with van der Waals surface area (Å²) in [4.78, 5) is 2.54.